The molecule has 2 heterocycles. The van der Waals surface area contributed by atoms with Crippen LogP contribution >= 0.6 is 0 Å². The standard InChI is InChI=1S/C20H26N4O3/c1-15-3-4-19(26-2)18(11-15)23-17-12-16(13-21-14-17)20(25)22-5-6-24-7-9-27-10-8-24/h3-4,11-14,23H,5-10H2,1-2H3,(H,22,25). The largest absolute Gasteiger partial charge is 0.495 e. The predicted molar refractivity (Wildman–Crippen MR) is 105 cm³/mol. The summed E-state index contributed by atoms with van der Waals surface area (Å²) in [4.78, 5) is 18.9. The molecule has 0 radical (unpaired) electrons. The van der Waals surface area contributed by atoms with Crippen molar-refractivity contribution in [3.8, 4) is 5.75 Å². The second-order valence-electron chi connectivity index (χ2n) is 6.50. The van der Waals surface area contributed by atoms with Crippen molar-refractivity contribution in [3.05, 3.63) is 47.8 Å². The summed E-state index contributed by atoms with van der Waals surface area (Å²) < 4.78 is 10.7. The van der Waals surface area contributed by atoms with Crippen molar-refractivity contribution < 1.29 is 14.3 Å². The highest BCUT2D eigenvalue weighted by Crippen LogP contribution is 2.28. The van der Waals surface area contributed by atoms with Crippen LogP contribution in [0.25, 0.3) is 0 Å². The van der Waals surface area contributed by atoms with Gasteiger partial charge in [0.2, 0.25) is 0 Å². The second kappa shape index (κ2) is 9.34. The highest BCUT2D eigenvalue weighted by atomic mass is 16.5. The first-order valence-electron chi connectivity index (χ1n) is 9.11. The zero-order valence-electron chi connectivity index (χ0n) is 15.8. The number of carbonyl (C=O) groups excluding carboxylic acids is 1. The molecule has 1 amide bonds. The van der Waals surface area contributed by atoms with Crippen LogP contribution in [0.5, 0.6) is 5.75 Å². The zero-order valence-corrected chi connectivity index (χ0v) is 15.8. The van der Waals surface area contributed by atoms with E-state index in [0.717, 1.165) is 55.5 Å². The number of methoxy groups -OCH3 is 1. The van der Waals surface area contributed by atoms with Gasteiger partial charge in [-0.05, 0) is 30.7 Å². The lowest BCUT2D eigenvalue weighted by atomic mass is 10.2. The SMILES string of the molecule is COc1ccc(C)cc1Nc1cncc(C(=O)NCCN2CCOCC2)c1. The third kappa shape index (κ3) is 5.42. The third-order valence-electron chi connectivity index (χ3n) is 4.45. The van der Waals surface area contributed by atoms with Gasteiger partial charge in [0.05, 0.1) is 43.5 Å². The Labute approximate surface area is 159 Å². The van der Waals surface area contributed by atoms with E-state index in [1.54, 1.807) is 25.6 Å². The molecule has 0 aliphatic carbocycles. The van der Waals surface area contributed by atoms with Crippen molar-refractivity contribution in [3.63, 3.8) is 0 Å². The summed E-state index contributed by atoms with van der Waals surface area (Å²) in [6.07, 6.45) is 3.26. The van der Waals surface area contributed by atoms with Gasteiger partial charge in [0.15, 0.2) is 0 Å². The molecule has 1 aromatic carbocycles. The molecule has 1 aromatic heterocycles. The zero-order chi connectivity index (χ0) is 19.1. The number of morpholine rings is 1. The number of aryl methyl sites for hydroxylation is 1. The number of anilines is 2. The molecule has 3 rings (SSSR count). The number of rotatable bonds is 7. The van der Waals surface area contributed by atoms with Crippen molar-refractivity contribution in [2.75, 3.05) is 51.8 Å². The molecule has 0 saturated carbocycles. The maximum Gasteiger partial charge on any atom is 0.252 e. The lowest BCUT2D eigenvalue weighted by molar-refractivity contribution is 0.0383. The van der Waals surface area contributed by atoms with Crippen LogP contribution in [0.15, 0.2) is 36.7 Å². The number of nitrogens with zero attached hydrogens (tertiary/aromatic N) is 2. The first-order chi connectivity index (χ1) is 13.2. The number of nitrogens with one attached hydrogen (secondary N) is 2. The van der Waals surface area contributed by atoms with E-state index in [2.05, 4.69) is 20.5 Å². The molecule has 2 N–H and O–H groups in total. The van der Waals surface area contributed by atoms with Crippen LogP contribution in [-0.2, 0) is 4.74 Å². The summed E-state index contributed by atoms with van der Waals surface area (Å²) in [5, 5.41) is 6.23. The van der Waals surface area contributed by atoms with E-state index in [9.17, 15) is 4.79 Å². The van der Waals surface area contributed by atoms with Gasteiger partial charge in [-0.25, -0.2) is 0 Å². The number of ether oxygens (including phenoxy) is 2. The van der Waals surface area contributed by atoms with E-state index in [1.165, 1.54) is 0 Å². The molecule has 0 spiro atoms. The fourth-order valence-electron chi connectivity index (χ4n) is 2.96. The molecule has 144 valence electrons. The van der Waals surface area contributed by atoms with Gasteiger partial charge in [-0.2, -0.15) is 0 Å². The maximum absolute atomic E-state index is 12.4. The predicted octanol–water partition coefficient (Wildman–Crippen LogP) is 2.20. The minimum absolute atomic E-state index is 0.129. The van der Waals surface area contributed by atoms with Gasteiger partial charge < -0.3 is 20.1 Å². The molecular weight excluding hydrogens is 344 g/mol. The number of benzene rings is 1. The second-order valence-corrected chi connectivity index (χ2v) is 6.50. The average molecular weight is 370 g/mol. The summed E-state index contributed by atoms with van der Waals surface area (Å²) in [5.41, 5.74) is 3.21. The van der Waals surface area contributed by atoms with Crippen LogP contribution in [-0.4, -0.2) is 62.3 Å². The molecule has 1 fully saturated rings. The summed E-state index contributed by atoms with van der Waals surface area (Å²) in [5.74, 6) is 0.608. The summed E-state index contributed by atoms with van der Waals surface area (Å²) >= 11 is 0. The quantitative estimate of drug-likeness (QED) is 0.778. The third-order valence-corrected chi connectivity index (χ3v) is 4.45. The summed E-state index contributed by atoms with van der Waals surface area (Å²) in [6, 6.07) is 7.68. The van der Waals surface area contributed by atoms with Crippen molar-refractivity contribution in [2.24, 2.45) is 0 Å². The van der Waals surface area contributed by atoms with Gasteiger partial charge >= 0.3 is 0 Å². The Kier molecular flexibility index (Phi) is 6.62. The topological polar surface area (TPSA) is 75.7 Å². The van der Waals surface area contributed by atoms with E-state index >= 15 is 0 Å². The molecular formula is C20H26N4O3. The molecule has 0 atom stereocenters. The van der Waals surface area contributed by atoms with E-state index in [4.69, 9.17) is 9.47 Å². The first-order valence-corrected chi connectivity index (χ1v) is 9.11. The molecule has 0 unspecified atom stereocenters. The van der Waals surface area contributed by atoms with Crippen LogP contribution in [0.4, 0.5) is 11.4 Å². The normalized spacial score (nSPS) is 14.6. The fourth-order valence-corrected chi connectivity index (χ4v) is 2.96. The Hall–Kier alpha value is -2.64. The Morgan fingerprint density at radius 1 is 1.26 bits per heavy atom. The molecule has 2 aromatic rings. The van der Waals surface area contributed by atoms with E-state index in [1.807, 2.05) is 25.1 Å². The summed E-state index contributed by atoms with van der Waals surface area (Å²) in [7, 11) is 1.63. The number of hydrogen-bond donors (Lipinski definition) is 2. The van der Waals surface area contributed by atoms with E-state index in [0.29, 0.717) is 12.1 Å². The van der Waals surface area contributed by atoms with Crippen molar-refractivity contribution >= 4 is 17.3 Å². The van der Waals surface area contributed by atoms with Gasteiger partial charge in [-0.15, -0.1) is 0 Å². The number of carbonyl (C=O) groups is 1. The van der Waals surface area contributed by atoms with Crippen molar-refractivity contribution in [1.29, 1.82) is 0 Å². The van der Waals surface area contributed by atoms with Crippen LogP contribution in [0.1, 0.15) is 15.9 Å². The van der Waals surface area contributed by atoms with Gasteiger partial charge in [0.25, 0.3) is 5.91 Å². The Bertz CT molecular complexity index is 776. The van der Waals surface area contributed by atoms with Gasteiger partial charge in [0, 0.05) is 32.4 Å². The minimum atomic E-state index is -0.129. The highest BCUT2D eigenvalue weighted by molar-refractivity contribution is 5.94. The average Bonchev–Trinajstić information content (AvgIpc) is 2.69. The van der Waals surface area contributed by atoms with E-state index in [-0.39, 0.29) is 5.91 Å². The maximum atomic E-state index is 12.4. The fraction of sp³-hybridized carbons (Fsp3) is 0.400. The Balaban J connectivity index is 1.59. The van der Waals surface area contributed by atoms with Crippen molar-refractivity contribution in [2.45, 2.75) is 6.92 Å². The van der Waals surface area contributed by atoms with Crippen LogP contribution in [0.3, 0.4) is 0 Å². The highest BCUT2D eigenvalue weighted by Gasteiger charge is 2.12. The minimum Gasteiger partial charge on any atom is -0.495 e. The van der Waals surface area contributed by atoms with Gasteiger partial charge in [0.1, 0.15) is 5.75 Å². The van der Waals surface area contributed by atoms with Gasteiger partial charge in [-0.3, -0.25) is 14.7 Å². The Morgan fingerprint density at radius 3 is 2.85 bits per heavy atom. The molecule has 27 heavy (non-hydrogen) atoms. The monoisotopic (exact) mass is 370 g/mol. The lowest BCUT2D eigenvalue weighted by Crippen LogP contribution is -2.41. The lowest BCUT2D eigenvalue weighted by Gasteiger charge is -2.26. The van der Waals surface area contributed by atoms with Crippen LogP contribution < -0.4 is 15.4 Å². The first kappa shape index (κ1) is 19.1. The van der Waals surface area contributed by atoms with E-state index < -0.39 is 0 Å². The summed E-state index contributed by atoms with van der Waals surface area (Å²) in [6.45, 7) is 6.77. The van der Waals surface area contributed by atoms with Gasteiger partial charge in [-0.1, -0.05) is 6.07 Å². The molecule has 1 aliphatic heterocycles. The number of hydrogen-bond acceptors (Lipinski definition) is 6. The number of pyridine rings is 1. The van der Waals surface area contributed by atoms with Crippen molar-refractivity contribution in [1.82, 2.24) is 15.2 Å². The Morgan fingerprint density at radius 2 is 2.07 bits per heavy atom. The number of aromatic nitrogens is 1. The van der Waals surface area contributed by atoms with Crippen LogP contribution in [0.2, 0.25) is 0 Å². The molecule has 0 bridgehead atoms. The number of amides is 1. The van der Waals surface area contributed by atoms with Crippen LogP contribution in [0, 0.1) is 6.92 Å². The smallest absolute Gasteiger partial charge is 0.252 e. The molecule has 1 saturated heterocycles. The molecule has 1 aliphatic rings. The molecule has 7 heteroatoms. The molecule has 7 nitrogen and oxygen atoms in total.